The maximum absolute atomic E-state index is 13.6. The van der Waals surface area contributed by atoms with Crippen LogP contribution in [0.3, 0.4) is 0 Å². The molecule has 2 rings (SSSR count). The van der Waals surface area contributed by atoms with E-state index >= 15 is 0 Å². The minimum absolute atomic E-state index is 0. The monoisotopic (exact) mass is 699 g/mol. The second-order valence-electron chi connectivity index (χ2n) is 14.5. The Bertz CT molecular complexity index is 1090. The number of benzene rings is 2. The molecule has 0 spiro atoms. The van der Waals surface area contributed by atoms with Crippen molar-refractivity contribution in [3.05, 3.63) is 84.4 Å². The number of hydrogen-bond acceptors (Lipinski definition) is 4. The maximum Gasteiger partial charge on any atom is 0.148 e. The minimum Gasteiger partial charge on any atom is -0.386 e. The van der Waals surface area contributed by atoms with Crippen molar-refractivity contribution in [2.45, 2.75) is 133 Å². The Hall–Kier alpha value is -1.46. The zero-order valence-corrected chi connectivity index (χ0v) is 34.3. The second-order valence-corrected chi connectivity index (χ2v) is 14.5. The van der Waals surface area contributed by atoms with Gasteiger partial charge < -0.3 is 14.6 Å². The maximum atomic E-state index is 13.6. The van der Waals surface area contributed by atoms with E-state index in [1.165, 1.54) is 23.6 Å². The van der Waals surface area contributed by atoms with Gasteiger partial charge in [-0.2, -0.15) is 0 Å². The predicted octanol–water partition coefficient (Wildman–Crippen LogP) is 10.5. The van der Waals surface area contributed by atoms with Gasteiger partial charge in [-0.05, 0) is 55.2 Å². The molecule has 0 aliphatic carbocycles. The van der Waals surface area contributed by atoms with Gasteiger partial charge in [0.05, 0.1) is 5.60 Å². The number of aldehydes is 1. The summed E-state index contributed by atoms with van der Waals surface area (Å²) >= 11 is 0. The summed E-state index contributed by atoms with van der Waals surface area (Å²) in [5, 5.41) is 7.99. The molecule has 5 heteroatoms. The zero-order valence-electron chi connectivity index (χ0n) is 31.5. The molecule has 2 aromatic carbocycles. The van der Waals surface area contributed by atoms with Crippen molar-refractivity contribution >= 4 is 12.1 Å². The molecule has 0 saturated heterocycles. The van der Waals surface area contributed by atoms with E-state index in [-0.39, 0.29) is 49.5 Å². The number of aliphatic hydroxyl groups excluding tert-OH is 1. The van der Waals surface area contributed by atoms with Gasteiger partial charge >= 0.3 is 0 Å². The first-order valence-electron chi connectivity index (χ1n) is 16.1. The summed E-state index contributed by atoms with van der Waals surface area (Å²) in [5.41, 5.74) is 2.14. The van der Waals surface area contributed by atoms with Crippen molar-refractivity contribution in [2.24, 2.45) is 16.2 Å². The molecule has 1 radical (unpaired) electrons. The molecule has 1 N–H and O–H groups in total. The summed E-state index contributed by atoms with van der Waals surface area (Å²) in [6.45, 7) is 38.0. The van der Waals surface area contributed by atoms with Crippen LogP contribution >= 0.6 is 0 Å². The number of Topliss-reactive ketones (excluding diaryl/α,β-unsaturated/α-hetero) is 1. The third-order valence-corrected chi connectivity index (χ3v) is 8.24. The van der Waals surface area contributed by atoms with Crippen LogP contribution in [0.1, 0.15) is 133 Å². The molecule has 0 fully saturated rings. The van der Waals surface area contributed by atoms with Crippen LogP contribution in [0.15, 0.2) is 67.8 Å². The van der Waals surface area contributed by atoms with E-state index < -0.39 is 22.5 Å². The second kappa shape index (κ2) is 20.7. The van der Waals surface area contributed by atoms with E-state index in [2.05, 4.69) is 130 Å². The first-order valence-corrected chi connectivity index (χ1v) is 16.1. The minimum atomic E-state index is -0.796. The fourth-order valence-electron chi connectivity index (χ4n) is 5.64. The van der Waals surface area contributed by atoms with Crippen LogP contribution in [0, 0.1) is 16.2 Å². The molecule has 0 heterocycles. The van der Waals surface area contributed by atoms with E-state index in [1.54, 1.807) is 0 Å². The van der Waals surface area contributed by atoms with Crippen LogP contribution in [0.4, 0.5) is 0 Å². The molecule has 0 aliphatic rings. The van der Waals surface area contributed by atoms with E-state index in [4.69, 9.17) is 9.84 Å². The van der Waals surface area contributed by atoms with Crippen LogP contribution in [0.25, 0.3) is 0 Å². The molecular weight excluding hydrogens is 633 g/mol. The molecular formula is C40H66O4Y. The quantitative estimate of drug-likeness (QED) is 0.198. The number of carbonyl (C=O) groups excluding carboxylic acids is 2. The van der Waals surface area contributed by atoms with Crippen LogP contribution in [-0.4, -0.2) is 29.9 Å². The Balaban J connectivity index is -0.00000157. The van der Waals surface area contributed by atoms with Gasteiger partial charge in [-0.25, -0.2) is 0 Å². The summed E-state index contributed by atoms with van der Waals surface area (Å²) < 4.78 is 6.62. The van der Waals surface area contributed by atoms with Crippen molar-refractivity contribution in [1.82, 2.24) is 0 Å². The molecule has 0 bridgehead atoms. The van der Waals surface area contributed by atoms with Crippen LogP contribution in [0.5, 0.6) is 0 Å². The van der Waals surface area contributed by atoms with Gasteiger partial charge in [0.2, 0.25) is 0 Å². The Kier molecular flexibility index (Phi) is 22.1. The number of rotatable bonds is 10. The molecule has 3 atom stereocenters. The topological polar surface area (TPSA) is 63.6 Å². The number of aliphatic hydroxyl groups is 1. The molecule has 45 heavy (non-hydrogen) atoms. The molecule has 4 nitrogen and oxygen atoms in total. The van der Waals surface area contributed by atoms with Crippen molar-refractivity contribution in [3.8, 4) is 0 Å². The van der Waals surface area contributed by atoms with Crippen LogP contribution < -0.4 is 0 Å². The van der Waals surface area contributed by atoms with E-state index in [9.17, 15) is 9.59 Å². The molecule has 0 amide bonds. The summed E-state index contributed by atoms with van der Waals surface area (Å²) in [7, 11) is 0. The Labute approximate surface area is 303 Å². The average molecular weight is 700 g/mol. The largest absolute Gasteiger partial charge is 0.386 e. The number of ether oxygens (including phenoxy) is 1. The Morgan fingerprint density at radius 2 is 1.24 bits per heavy atom. The van der Waals surface area contributed by atoms with E-state index in [0.717, 1.165) is 6.42 Å². The fraction of sp³-hybridized carbons (Fsp3) is 0.600. The Morgan fingerprint density at radius 3 is 1.58 bits per heavy atom. The van der Waals surface area contributed by atoms with Gasteiger partial charge in [0.25, 0.3) is 0 Å². The molecule has 2 aromatic rings. The van der Waals surface area contributed by atoms with Crippen molar-refractivity contribution in [2.75, 3.05) is 6.61 Å². The molecule has 3 unspecified atom stereocenters. The van der Waals surface area contributed by atoms with Gasteiger partial charge in [0.1, 0.15) is 18.2 Å². The van der Waals surface area contributed by atoms with E-state index in [0.29, 0.717) is 18.7 Å². The van der Waals surface area contributed by atoms with Gasteiger partial charge in [-0.1, -0.05) is 138 Å². The first kappa shape index (κ1) is 47.9. The fourth-order valence-corrected chi connectivity index (χ4v) is 5.64. The summed E-state index contributed by atoms with van der Waals surface area (Å²) in [5.74, 6) is 0.407. The van der Waals surface area contributed by atoms with E-state index in [1.807, 2.05) is 34.6 Å². The third kappa shape index (κ3) is 14.1. The first-order chi connectivity index (χ1) is 20.1. The van der Waals surface area contributed by atoms with Gasteiger partial charge in [0.15, 0.2) is 0 Å². The third-order valence-electron chi connectivity index (χ3n) is 8.24. The molecule has 0 saturated carbocycles. The summed E-state index contributed by atoms with van der Waals surface area (Å²) in [4.78, 5) is 22.8. The zero-order chi connectivity index (χ0) is 35.2. The summed E-state index contributed by atoms with van der Waals surface area (Å²) in [6.07, 6.45) is 0.426. The van der Waals surface area contributed by atoms with Crippen LogP contribution in [-0.2, 0) is 58.1 Å². The van der Waals surface area contributed by atoms with Crippen molar-refractivity contribution in [1.29, 1.82) is 0 Å². The number of ketones is 1. The molecule has 0 aliphatic heterocycles. The summed E-state index contributed by atoms with van der Waals surface area (Å²) in [6, 6.07) is 19.6. The van der Waals surface area contributed by atoms with Gasteiger partial charge in [0, 0.05) is 55.6 Å². The van der Waals surface area contributed by atoms with Crippen molar-refractivity contribution in [3.63, 3.8) is 0 Å². The average Bonchev–Trinajstić information content (AvgIpc) is 2.97. The molecule has 253 valence electrons. The number of carbonyl (C=O) groups is 2. The van der Waals surface area contributed by atoms with Gasteiger partial charge in [-0.15, -0.1) is 13.2 Å². The van der Waals surface area contributed by atoms with Gasteiger partial charge in [-0.3, -0.25) is 4.79 Å². The molecule has 0 aromatic heterocycles. The number of hydrogen-bond donors (Lipinski definition) is 1. The van der Waals surface area contributed by atoms with Crippen molar-refractivity contribution < 1.29 is 52.1 Å². The van der Waals surface area contributed by atoms with Crippen LogP contribution in [0.2, 0.25) is 0 Å². The SMILES string of the molecule is C=C.CC.CC(O)C=O.CCOC(C)(c1ccccc1)C(C)(C)C(CC(C)(C)C(=O)C(C)(C)C)c1ccc(C(C)(C)C)cc1.[Y]. The standard InChI is InChI=1S/C33H50O2.C3H6O2.C2H6.C2H4.Y/c1-13-35-33(12,26-17-15-14-16-18-26)32(10,11)27(23-31(8,9)28(34)30(5,6)7)24-19-21-25(22-20-24)29(2,3)4;1-3(5)2-4;2*1-2;/h14-22,27H,13,23H2,1-12H3;2-3,5H,1H3;1-2H3;1-2H2;. The predicted molar refractivity (Wildman–Crippen MR) is 190 cm³/mol. The Morgan fingerprint density at radius 1 is 0.822 bits per heavy atom. The normalized spacial score (nSPS) is 14.2. The smallest absolute Gasteiger partial charge is 0.148 e.